The zero-order valence-electron chi connectivity index (χ0n) is 7.59. The van der Waals surface area contributed by atoms with E-state index in [4.69, 9.17) is 10.8 Å². The molecule has 7 heteroatoms. The Bertz CT molecular complexity index is 362. The third kappa shape index (κ3) is 3.03. The minimum Gasteiger partial charge on any atom is -0.502 e. The summed E-state index contributed by atoms with van der Waals surface area (Å²) in [6, 6.07) is 2.66. The molecule has 0 saturated carbocycles. The smallest absolute Gasteiger partial charge is 0.311 e. The Morgan fingerprint density at radius 2 is 2.20 bits per heavy atom. The van der Waals surface area contributed by atoms with Crippen molar-refractivity contribution in [1.29, 1.82) is 0 Å². The Labute approximate surface area is 91.3 Å². The van der Waals surface area contributed by atoms with Crippen molar-refractivity contribution in [3.63, 3.8) is 0 Å². The maximum absolute atomic E-state index is 12.1. The highest BCUT2D eigenvalue weighted by Gasteiger charge is 2.16. The van der Waals surface area contributed by atoms with Gasteiger partial charge in [0.05, 0.1) is 11.0 Å². The van der Waals surface area contributed by atoms with E-state index >= 15 is 0 Å². The van der Waals surface area contributed by atoms with Crippen LogP contribution in [0.5, 0.6) is 5.75 Å². The molecule has 0 radical (unpaired) electrons. The minimum absolute atomic E-state index is 0. The zero-order chi connectivity index (χ0) is 10.7. The minimum atomic E-state index is -0.894. The summed E-state index contributed by atoms with van der Waals surface area (Å²) >= 11 is 0. The maximum Gasteiger partial charge on any atom is 0.311 e. The number of hydrogen-bond acceptors (Lipinski definition) is 4. The predicted octanol–water partition coefficient (Wildman–Crippen LogP) is 1.69. The van der Waals surface area contributed by atoms with E-state index in [1.807, 2.05) is 0 Å². The number of benzene rings is 1. The second kappa shape index (κ2) is 5.47. The lowest BCUT2D eigenvalue weighted by molar-refractivity contribution is -0.385. The number of phenolic OH excluding ortho intramolecular Hbond substituents is 1. The van der Waals surface area contributed by atoms with Crippen LogP contribution in [-0.4, -0.2) is 16.7 Å². The van der Waals surface area contributed by atoms with E-state index in [0.717, 1.165) is 12.1 Å². The Balaban J connectivity index is 0.00000196. The lowest BCUT2D eigenvalue weighted by Crippen LogP contribution is -2.12. The van der Waals surface area contributed by atoms with Crippen LogP contribution < -0.4 is 5.73 Å². The number of aromatic hydroxyl groups is 1. The van der Waals surface area contributed by atoms with Crippen LogP contribution in [0.1, 0.15) is 11.6 Å². The van der Waals surface area contributed by atoms with Crippen molar-refractivity contribution in [3.05, 3.63) is 33.9 Å². The van der Waals surface area contributed by atoms with Crippen LogP contribution in [0.3, 0.4) is 0 Å². The summed E-state index contributed by atoms with van der Waals surface area (Å²) < 4.78 is 12.1. The van der Waals surface area contributed by atoms with E-state index in [-0.39, 0.29) is 18.0 Å². The van der Waals surface area contributed by atoms with Gasteiger partial charge in [0.15, 0.2) is 5.75 Å². The van der Waals surface area contributed by atoms with Gasteiger partial charge in [-0.3, -0.25) is 10.1 Å². The van der Waals surface area contributed by atoms with Gasteiger partial charge in [0, 0.05) is 6.07 Å². The average molecular weight is 237 g/mol. The van der Waals surface area contributed by atoms with E-state index in [2.05, 4.69) is 0 Å². The molecule has 1 rings (SSSR count). The normalized spacial score (nSPS) is 11.6. The molecule has 15 heavy (non-hydrogen) atoms. The van der Waals surface area contributed by atoms with Gasteiger partial charge in [-0.25, -0.2) is 4.39 Å². The molecule has 0 fully saturated rings. The van der Waals surface area contributed by atoms with Gasteiger partial charge in [0.25, 0.3) is 0 Å². The summed E-state index contributed by atoms with van der Waals surface area (Å²) in [5, 5.41) is 19.5. The molecule has 0 aliphatic heterocycles. The molecule has 0 bridgehead atoms. The molecule has 0 spiro atoms. The molecule has 1 aromatic carbocycles. The van der Waals surface area contributed by atoms with Crippen molar-refractivity contribution < 1.29 is 14.4 Å². The first-order valence-corrected chi connectivity index (χ1v) is 3.85. The van der Waals surface area contributed by atoms with Gasteiger partial charge in [-0.15, -0.1) is 12.4 Å². The van der Waals surface area contributed by atoms with Crippen molar-refractivity contribution in [2.45, 2.75) is 6.04 Å². The topological polar surface area (TPSA) is 89.4 Å². The number of nitro groups is 1. The second-order valence-corrected chi connectivity index (χ2v) is 2.77. The van der Waals surface area contributed by atoms with Crippen molar-refractivity contribution in [2.24, 2.45) is 5.73 Å². The summed E-state index contributed by atoms with van der Waals surface area (Å²) in [7, 11) is 0. The van der Waals surface area contributed by atoms with E-state index in [1.54, 1.807) is 0 Å². The van der Waals surface area contributed by atoms with Gasteiger partial charge in [-0.2, -0.15) is 0 Å². The predicted molar refractivity (Wildman–Crippen MR) is 54.9 cm³/mol. The quantitative estimate of drug-likeness (QED) is 0.617. The fraction of sp³-hybridized carbons (Fsp3) is 0.250. The Morgan fingerprint density at radius 3 is 2.67 bits per heavy atom. The van der Waals surface area contributed by atoms with Gasteiger partial charge in [-0.05, 0) is 11.6 Å². The lowest BCUT2D eigenvalue weighted by atomic mass is 10.1. The molecule has 1 aromatic rings. The summed E-state index contributed by atoms with van der Waals surface area (Å²) in [6.07, 6.45) is 0. The van der Waals surface area contributed by atoms with Gasteiger partial charge in [-0.1, -0.05) is 6.07 Å². The molecule has 0 aliphatic rings. The van der Waals surface area contributed by atoms with E-state index in [0.29, 0.717) is 0 Å². The fourth-order valence-electron chi connectivity index (χ4n) is 1.01. The number of phenols is 1. The molecule has 84 valence electrons. The average Bonchev–Trinajstić information content (AvgIpc) is 2.17. The van der Waals surface area contributed by atoms with Gasteiger partial charge >= 0.3 is 5.69 Å². The molecular weight excluding hydrogens is 227 g/mol. The van der Waals surface area contributed by atoms with Gasteiger partial charge in [0.1, 0.15) is 6.67 Å². The standard InChI is InChI=1S/C8H9FN2O3.ClH/c9-4-6(10)5-1-2-8(12)7(3-5)11(13)14;/h1-3,6,12H,4,10H2;1H/t6-;/m1./s1. The molecule has 5 nitrogen and oxygen atoms in total. The van der Waals surface area contributed by atoms with E-state index < -0.39 is 29.1 Å². The Hall–Kier alpha value is -1.40. The summed E-state index contributed by atoms with van der Waals surface area (Å²) in [5.74, 6) is -0.454. The summed E-state index contributed by atoms with van der Waals surface area (Å²) in [6.45, 7) is -0.804. The molecule has 0 unspecified atom stereocenters. The van der Waals surface area contributed by atoms with Crippen LogP contribution in [0, 0.1) is 10.1 Å². The van der Waals surface area contributed by atoms with Crippen molar-refractivity contribution in [3.8, 4) is 5.75 Å². The maximum atomic E-state index is 12.1. The molecule has 0 saturated heterocycles. The third-order valence-electron chi connectivity index (χ3n) is 1.79. The fourth-order valence-corrected chi connectivity index (χ4v) is 1.01. The van der Waals surface area contributed by atoms with Crippen LogP contribution >= 0.6 is 12.4 Å². The molecular formula is C8H10ClFN2O3. The number of hydrogen-bond donors (Lipinski definition) is 2. The second-order valence-electron chi connectivity index (χ2n) is 2.77. The zero-order valence-corrected chi connectivity index (χ0v) is 8.41. The largest absolute Gasteiger partial charge is 0.502 e. The number of nitrogens with zero attached hydrogens (tertiary/aromatic N) is 1. The first kappa shape index (κ1) is 13.6. The number of alkyl halides is 1. The van der Waals surface area contributed by atoms with Crippen LogP contribution in [0.2, 0.25) is 0 Å². The highest BCUT2D eigenvalue weighted by Crippen LogP contribution is 2.28. The Kier molecular flexibility index (Phi) is 4.96. The summed E-state index contributed by atoms with van der Waals surface area (Å²) in [5.41, 5.74) is 5.16. The van der Waals surface area contributed by atoms with Crippen molar-refractivity contribution in [1.82, 2.24) is 0 Å². The highest BCUT2D eigenvalue weighted by molar-refractivity contribution is 5.85. The Morgan fingerprint density at radius 1 is 1.60 bits per heavy atom. The van der Waals surface area contributed by atoms with Gasteiger partial charge in [0.2, 0.25) is 0 Å². The van der Waals surface area contributed by atoms with Crippen LogP contribution in [0.25, 0.3) is 0 Å². The number of nitrogens with two attached hydrogens (primary N) is 1. The first-order valence-electron chi connectivity index (χ1n) is 3.85. The highest BCUT2D eigenvalue weighted by atomic mass is 35.5. The van der Waals surface area contributed by atoms with Crippen LogP contribution in [-0.2, 0) is 0 Å². The lowest BCUT2D eigenvalue weighted by Gasteiger charge is -2.06. The van der Waals surface area contributed by atoms with E-state index in [1.165, 1.54) is 6.07 Å². The van der Waals surface area contributed by atoms with Crippen molar-refractivity contribution in [2.75, 3.05) is 6.67 Å². The molecule has 0 amide bonds. The number of nitro benzene ring substituents is 1. The SMILES string of the molecule is Cl.N[C@H](CF)c1ccc(O)c([N+](=O)[O-])c1. The third-order valence-corrected chi connectivity index (χ3v) is 1.79. The monoisotopic (exact) mass is 236 g/mol. The van der Waals surface area contributed by atoms with Crippen LogP contribution in [0.15, 0.2) is 18.2 Å². The molecule has 1 atom stereocenters. The number of rotatable bonds is 3. The molecule has 0 aromatic heterocycles. The van der Waals surface area contributed by atoms with Gasteiger partial charge < -0.3 is 10.8 Å². The molecule has 3 N–H and O–H groups in total. The summed E-state index contributed by atoms with van der Waals surface area (Å²) in [4.78, 5) is 9.65. The first-order chi connectivity index (χ1) is 6.56. The van der Waals surface area contributed by atoms with Crippen LogP contribution in [0.4, 0.5) is 10.1 Å². The molecule has 0 heterocycles. The van der Waals surface area contributed by atoms with Crippen molar-refractivity contribution >= 4 is 18.1 Å². The number of halogens is 2. The van der Waals surface area contributed by atoms with E-state index in [9.17, 15) is 14.5 Å². The molecule has 0 aliphatic carbocycles.